The highest BCUT2D eigenvalue weighted by atomic mass is 16.5. The van der Waals surface area contributed by atoms with E-state index in [0.717, 1.165) is 25.0 Å². The third-order valence-corrected chi connectivity index (χ3v) is 3.10. The molecule has 1 aliphatic rings. The fourth-order valence-electron chi connectivity index (χ4n) is 2.32. The molecule has 0 saturated heterocycles. The summed E-state index contributed by atoms with van der Waals surface area (Å²) in [6, 6.07) is 0. The highest BCUT2D eigenvalue weighted by Gasteiger charge is 2.24. The van der Waals surface area contributed by atoms with E-state index in [9.17, 15) is 0 Å². The summed E-state index contributed by atoms with van der Waals surface area (Å²) in [5, 5.41) is 3.45. The van der Waals surface area contributed by atoms with Crippen LogP contribution in [0.2, 0.25) is 0 Å². The van der Waals surface area contributed by atoms with Crippen LogP contribution in [0.1, 0.15) is 32.6 Å². The van der Waals surface area contributed by atoms with Crippen LogP contribution in [0.15, 0.2) is 0 Å². The van der Waals surface area contributed by atoms with Gasteiger partial charge in [0.15, 0.2) is 0 Å². The Balaban J connectivity index is 2.28. The summed E-state index contributed by atoms with van der Waals surface area (Å²) in [7, 11) is 1.82. The van der Waals surface area contributed by atoms with E-state index in [1.54, 1.807) is 0 Å². The first-order chi connectivity index (χ1) is 6.38. The Morgan fingerprint density at radius 2 is 1.92 bits per heavy atom. The van der Waals surface area contributed by atoms with Crippen molar-refractivity contribution in [3.8, 4) is 0 Å². The van der Waals surface area contributed by atoms with Crippen LogP contribution in [-0.2, 0) is 4.74 Å². The van der Waals surface area contributed by atoms with Crippen LogP contribution in [0.25, 0.3) is 0 Å². The van der Waals surface area contributed by atoms with Crippen LogP contribution in [0.5, 0.6) is 0 Å². The molecular formula is C11H23NO. The predicted molar refractivity (Wildman–Crippen MR) is 55.9 cm³/mol. The largest absolute Gasteiger partial charge is 0.384 e. The molecule has 78 valence electrons. The molecule has 1 rings (SSSR count). The summed E-state index contributed by atoms with van der Waals surface area (Å²) in [5.41, 5.74) is 0. The molecule has 1 fully saturated rings. The number of hydrogen-bond donors (Lipinski definition) is 1. The Morgan fingerprint density at radius 3 is 2.54 bits per heavy atom. The van der Waals surface area contributed by atoms with Gasteiger partial charge in [0.05, 0.1) is 0 Å². The van der Waals surface area contributed by atoms with Crippen LogP contribution in [0.4, 0.5) is 0 Å². The quantitative estimate of drug-likeness (QED) is 0.708. The van der Waals surface area contributed by atoms with Gasteiger partial charge in [0.2, 0.25) is 0 Å². The van der Waals surface area contributed by atoms with Gasteiger partial charge in [-0.2, -0.15) is 0 Å². The van der Waals surface area contributed by atoms with E-state index in [2.05, 4.69) is 12.2 Å². The summed E-state index contributed by atoms with van der Waals surface area (Å²) >= 11 is 0. The smallest absolute Gasteiger partial charge is 0.0493 e. The average Bonchev–Trinajstić information content (AvgIpc) is 2.17. The molecule has 2 unspecified atom stereocenters. The van der Waals surface area contributed by atoms with Crippen molar-refractivity contribution in [3.05, 3.63) is 0 Å². The van der Waals surface area contributed by atoms with Crippen molar-refractivity contribution in [3.63, 3.8) is 0 Å². The van der Waals surface area contributed by atoms with Crippen molar-refractivity contribution < 1.29 is 4.74 Å². The first kappa shape index (κ1) is 11.0. The maximum Gasteiger partial charge on any atom is 0.0493 e. The molecule has 0 aliphatic heterocycles. The van der Waals surface area contributed by atoms with Crippen molar-refractivity contribution in [2.45, 2.75) is 32.6 Å². The molecule has 0 radical (unpaired) electrons. The van der Waals surface area contributed by atoms with Gasteiger partial charge < -0.3 is 10.1 Å². The van der Waals surface area contributed by atoms with Gasteiger partial charge in [-0.1, -0.05) is 19.8 Å². The van der Waals surface area contributed by atoms with Crippen molar-refractivity contribution in [2.75, 3.05) is 26.8 Å². The van der Waals surface area contributed by atoms with E-state index in [0.29, 0.717) is 0 Å². The zero-order valence-corrected chi connectivity index (χ0v) is 9.01. The summed E-state index contributed by atoms with van der Waals surface area (Å²) in [6.07, 6.45) is 5.57. The summed E-state index contributed by atoms with van der Waals surface area (Å²) < 4.78 is 5.26. The molecule has 13 heavy (non-hydrogen) atoms. The highest BCUT2D eigenvalue weighted by molar-refractivity contribution is 4.76. The first-order valence-corrected chi connectivity index (χ1v) is 5.58. The fourth-order valence-corrected chi connectivity index (χ4v) is 2.32. The second kappa shape index (κ2) is 6.39. The average molecular weight is 185 g/mol. The zero-order valence-electron chi connectivity index (χ0n) is 9.01. The standard InChI is InChI=1S/C11H23NO/c1-3-12-8-10-6-4-5-7-11(10)9-13-2/h10-12H,3-9H2,1-2H3. The Labute approximate surface area is 82.0 Å². The number of methoxy groups -OCH3 is 1. The second-order valence-corrected chi connectivity index (χ2v) is 4.07. The lowest BCUT2D eigenvalue weighted by Crippen LogP contribution is -2.32. The highest BCUT2D eigenvalue weighted by Crippen LogP contribution is 2.29. The molecule has 1 aliphatic carbocycles. The zero-order chi connectivity index (χ0) is 9.52. The molecule has 0 aromatic heterocycles. The van der Waals surface area contributed by atoms with Crippen LogP contribution >= 0.6 is 0 Å². The molecule has 1 saturated carbocycles. The Bertz CT molecular complexity index is 125. The van der Waals surface area contributed by atoms with Gasteiger partial charge in [-0.15, -0.1) is 0 Å². The molecule has 2 atom stereocenters. The van der Waals surface area contributed by atoms with Crippen LogP contribution in [-0.4, -0.2) is 26.8 Å². The molecule has 2 nitrogen and oxygen atoms in total. The van der Waals surface area contributed by atoms with E-state index in [1.807, 2.05) is 7.11 Å². The Kier molecular flexibility index (Phi) is 5.40. The lowest BCUT2D eigenvalue weighted by molar-refractivity contribution is 0.0937. The van der Waals surface area contributed by atoms with Gasteiger partial charge in [0, 0.05) is 13.7 Å². The second-order valence-electron chi connectivity index (χ2n) is 4.07. The topological polar surface area (TPSA) is 21.3 Å². The number of hydrogen-bond acceptors (Lipinski definition) is 2. The number of nitrogens with one attached hydrogen (secondary N) is 1. The lowest BCUT2D eigenvalue weighted by Gasteiger charge is -2.31. The van der Waals surface area contributed by atoms with E-state index >= 15 is 0 Å². The molecule has 0 amide bonds. The maximum absolute atomic E-state index is 5.26. The Morgan fingerprint density at radius 1 is 1.23 bits per heavy atom. The molecule has 1 N–H and O–H groups in total. The van der Waals surface area contributed by atoms with E-state index < -0.39 is 0 Å². The van der Waals surface area contributed by atoms with Gasteiger partial charge in [0.1, 0.15) is 0 Å². The van der Waals surface area contributed by atoms with E-state index in [1.165, 1.54) is 32.2 Å². The predicted octanol–water partition coefficient (Wildman–Crippen LogP) is 2.05. The summed E-state index contributed by atoms with van der Waals surface area (Å²) in [5.74, 6) is 1.66. The first-order valence-electron chi connectivity index (χ1n) is 5.58. The number of ether oxygens (including phenoxy) is 1. The number of rotatable bonds is 5. The minimum absolute atomic E-state index is 0.804. The van der Waals surface area contributed by atoms with Gasteiger partial charge in [-0.05, 0) is 37.8 Å². The molecule has 0 aromatic rings. The van der Waals surface area contributed by atoms with Gasteiger partial charge in [-0.3, -0.25) is 0 Å². The van der Waals surface area contributed by atoms with Gasteiger partial charge in [-0.25, -0.2) is 0 Å². The lowest BCUT2D eigenvalue weighted by atomic mass is 9.79. The van der Waals surface area contributed by atoms with Crippen molar-refractivity contribution in [2.24, 2.45) is 11.8 Å². The van der Waals surface area contributed by atoms with Crippen molar-refractivity contribution in [1.29, 1.82) is 0 Å². The fraction of sp³-hybridized carbons (Fsp3) is 1.00. The van der Waals surface area contributed by atoms with E-state index in [-0.39, 0.29) is 0 Å². The van der Waals surface area contributed by atoms with Crippen LogP contribution in [0, 0.1) is 11.8 Å². The molecular weight excluding hydrogens is 162 g/mol. The monoisotopic (exact) mass is 185 g/mol. The minimum Gasteiger partial charge on any atom is -0.384 e. The molecule has 2 heteroatoms. The van der Waals surface area contributed by atoms with Gasteiger partial charge in [0.25, 0.3) is 0 Å². The summed E-state index contributed by atoms with van der Waals surface area (Å²) in [4.78, 5) is 0. The maximum atomic E-state index is 5.26. The molecule has 0 spiro atoms. The third-order valence-electron chi connectivity index (χ3n) is 3.10. The molecule has 0 aromatic carbocycles. The van der Waals surface area contributed by atoms with Crippen LogP contribution < -0.4 is 5.32 Å². The SMILES string of the molecule is CCNCC1CCCCC1COC. The van der Waals surface area contributed by atoms with E-state index in [4.69, 9.17) is 4.74 Å². The summed E-state index contributed by atoms with van der Waals surface area (Å²) in [6.45, 7) is 5.41. The van der Waals surface area contributed by atoms with Crippen LogP contribution in [0.3, 0.4) is 0 Å². The molecule has 0 heterocycles. The Hall–Kier alpha value is -0.0800. The van der Waals surface area contributed by atoms with Crippen molar-refractivity contribution >= 4 is 0 Å². The third kappa shape index (κ3) is 3.65. The normalized spacial score (nSPS) is 29.1. The van der Waals surface area contributed by atoms with Gasteiger partial charge >= 0.3 is 0 Å². The van der Waals surface area contributed by atoms with Crippen molar-refractivity contribution in [1.82, 2.24) is 5.32 Å². The molecule has 0 bridgehead atoms. The minimum atomic E-state index is 0.804.